The summed E-state index contributed by atoms with van der Waals surface area (Å²) in [6.45, 7) is 1.41. The van der Waals surface area contributed by atoms with Crippen molar-refractivity contribution in [1.29, 1.82) is 0 Å². The largest absolute Gasteiger partial charge is 0.350 e. The molecule has 0 unspecified atom stereocenters. The van der Waals surface area contributed by atoms with E-state index in [4.69, 9.17) is 23.2 Å². The Balaban J connectivity index is 1.63. The molecule has 0 aliphatic carbocycles. The highest BCUT2D eigenvalue weighted by Gasteiger charge is 2.20. The molecule has 1 aromatic carbocycles. The van der Waals surface area contributed by atoms with E-state index in [0.717, 1.165) is 6.42 Å². The van der Waals surface area contributed by atoms with Crippen molar-refractivity contribution < 1.29 is 9.59 Å². The van der Waals surface area contributed by atoms with E-state index in [-0.39, 0.29) is 24.4 Å². The molecule has 2 N–H and O–H groups in total. The number of carbonyl (C=O) groups is 2. The number of likely N-dealkylation sites (tertiary alicyclic amines) is 1. The molecule has 2 aromatic rings. The average Bonchev–Trinajstić information content (AvgIpc) is 3.03. The van der Waals surface area contributed by atoms with E-state index in [1.165, 1.54) is 6.20 Å². The van der Waals surface area contributed by atoms with Gasteiger partial charge in [-0.05, 0) is 24.1 Å². The third-order valence-corrected chi connectivity index (χ3v) is 5.05. The minimum atomic E-state index is -0.544. The van der Waals surface area contributed by atoms with Crippen molar-refractivity contribution >= 4 is 35.0 Å². The van der Waals surface area contributed by atoms with Gasteiger partial charge >= 0.3 is 0 Å². The lowest BCUT2D eigenvalue weighted by Crippen LogP contribution is -2.37. The Morgan fingerprint density at radius 2 is 2.00 bits per heavy atom. The van der Waals surface area contributed by atoms with E-state index in [9.17, 15) is 14.4 Å². The standard InChI is InChI=1S/C18H18Cl2N4O3/c19-13-3-1-4-14(20)11(13)9-15-22-10-12(18(27)23-15)17(26)21-6-8-24-7-2-5-16(24)25/h1,3-4,10H,2,5-9H2,(H,21,26)(H,22,23,27). The van der Waals surface area contributed by atoms with Crippen molar-refractivity contribution in [2.24, 2.45) is 0 Å². The lowest BCUT2D eigenvalue weighted by atomic mass is 10.1. The molecule has 0 saturated carbocycles. The summed E-state index contributed by atoms with van der Waals surface area (Å²) in [6.07, 6.45) is 2.86. The first-order valence-electron chi connectivity index (χ1n) is 8.53. The summed E-state index contributed by atoms with van der Waals surface area (Å²) in [6, 6.07) is 5.13. The van der Waals surface area contributed by atoms with Crippen LogP contribution >= 0.6 is 23.2 Å². The molecule has 1 saturated heterocycles. The third kappa shape index (κ3) is 4.67. The number of halogens is 2. The lowest BCUT2D eigenvalue weighted by molar-refractivity contribution is -0.127. The van der Waals surface area contributed by atoms with Gasteiger partial charge in [0, 0.05) is 48.7 Å². The zero-order chi connectivity index (χ0) is 19.4. The van der Waals surface area contributed by atoms with Crippen molar-refractivity contribution in [3.05, 3.63) is 61.7 Å². The summed E-state index contributed by atoms with van der Waals surface area (Å²) in [5.74, 6) is -0.0849. The number of nitrogens with one attached hydrogen (secondary N) is 2. The molecule has 2 heterocycles. The Kier molecular flexibility index (Phi) is 6.13. The molecule has 9 heteroatoms. The molecule has 3 rings (SSSR count). The maximum atomic E-state index is 12.2. The fourth-order valence-corrected chi connectivity index (χ4v) is 3.42. The third-order valence-electron chi connectivity index (χ3n) is 4.34. The zero-order valence-corrected chi connectivity index (χ0v) is 15.9. The molecule has 7 nitrogen and oxygen atoms in total. The summed E-state index contributed by atoms with van der Waals surface area (Å²) in [7, 11) is 0. The highest BCUT2D eigenvalue weighted by Crippen LogP contribution is 2.25. The van der Waals surface area contributed by atoms with Crippen LogP contribution in [0.4, 0.5) is 0 Å². The van der Waals surface area contributed by atoms with E-state index >= 15 is 0 Å². The Morgan fingerprint density at radius 3 is 2.63 bits per heavy atom. The Labute approximate surface area is 165 Å². The number of benzene rings is 1. The number of H-pyrrole nitrogens is 1. The van der Waals surface area contributed by atoms with Crippen molar-refractivity contribution in [2.45, 2.75) is 19.3 Å². The summed E-state index contributed by atoms with van der Waals surface area (Å²) in [5, 5.41) is 3.59. The van der Waals surface area contributed by atoms with Crippen molar-refractivity contribution in [3.8, 4) is 0 Å². The Hall–Kier alpha value is -2.38. The number of carbonyl (C=O) groups excluding carboxylic acids is 2. The Morgan fingerprint density at radius 1 is 1.26 bits per heavy atom. The van der Waals surface area contributed by atoms with E-state index < -0.39 is 11.5 Å². The number of hydrogen-bond donors (Lipinski definition) is 2. The SMILES string of the molecule is O=C(NCCN1CCCC1=O)c1cnc(Cc2c(Cl)cccc2Cl)[nH]c1=O. The minimum Gasteiger partial charge on any atom is -0.350 e. The van der Waals surface area contributed by atoms with Crippen LogP contribution in [-0.4, -0.2) is 46.3 Å². The average molecular weight is 409 g/mol. The highest BCUT2D eigenvalue weighted by atomic mass is 35.5. The molecule has 1 aliphatic heterocycles. The van der Waals surface area contributed by atoms with E-state index in [1.807, 2.05) is 0 Å². The Bertz CT molecular complexity index is 909. The van der Waals surface area contributed by atoms with Crippen LogP contribution in [0.2, 0.25) is 10.0 Å². The summed E-state index contributed by atoms with van der Waals surface area (Å²) < 4.78 is 0. The summed E-state index contributed by atoms with van der Waals surface area (Å²) >= 11 is 12.3. The molecule has 0 atom stereocenters. The first-order valence-corrected chi connectivity index (χ1v) is 9.28. The minimum absolute atomic E-state index is 0.0863. The molecular formula is C18H18Cl2N4O3. The number of rotatable bonds is 6. The molecule has 0 radical (unpaired) electrons. The van der Waals surface area contributed by atoms with Gasteiger partial charge in [-0.3, -0.25) is 14.4 Å². The van der Waals surface area contributed by atoms with Crippen LogP contribution in [0.15, 0.2) is 29.2 Å². The van der Waals surface area contributed by atoms with Gasteiger partial charge in [0.05, 0.1) is 0 Å². The maximum absolute atomic E-state index is 12.2. The van der Waals surface area contributed by atoms with E-state index in [0.29, 0.717) is 40.9 Å². The van der Waals surface area contributed by atoms with E-state index in [2.05, 4.69) is 15.3 Å². The van der Waals surface area contributed by atoms with Crippen LogP contribution in [0.3, 0.4) is 0 Å². The quantitative estimate of drug-likeness (QED) is 0.763. The highest BCUT2D eigenvalue weighted by molar-refractivity contribution is 6.36. The van der Waals surface area contributed by atoms with Crippen LogP contribution in [0.5, 0.6) is 0 Å². The van der Waals surface area contributed by atoms with Gasteiger partial charge in [-0.15, -0.1) is 0 Å². The predicted molar refractivity (Wildman–Crippen MR) is 102 cm³/mol. The molecule has 2 amide bonds. The first-order chi connectivity index (χ1) is 13.0. The lowest BCUT2D eigenvalue weighted by Gasteiger charge is -2.15. The fraction of sp³-hybridized carbons (Fsp3) is 0.333. The van der Waals surface area contributed by atoms with Crippen LogP contribution in [0.25, 0.3) is 0 Å². The molecule has 27 heavy (non-hydrogen) atoms. The summed E-state index contributed by atoms with van der Waals surface area (Å²) in [5.41, 5.74) is 0.0196. The monoisotopic (exact) mass is 408 g/mol. The fourth-order valence-electron chi connectivity index (χ4n) is 2.89. The smallest absolute Gasteiger partial charge is 0.263 e. The normalized spacial score (nSPS) is 13.9. The van der Waals surface area contributed by atoms with Gasteiger partial charge in [0.25, 0.3) is 11.5 Å². The number of aromatic nitrogens is 2. The van der Waals surface area contributed by atoms with Crippen LogP contribution < -0.4 is 10.9 Å². The zero-order valence-electron chi connectivity index (χ0n) is 14.4. The molecule has 1 fully saturated rings. The van der Waals surface area contributed by atoms with Gasteiger partial charge in [0.15, 0.2) is 0 Å². The van der Waals surface area contributed by atoms with Gasteiger partial charge in [0.2, 0.25) is 5.91 Å². The number of aromatic amines is 1. The topological polar surface area (TPSA) is 95.2 Å². The molecule has 142 valence electrons. The van der Waals surface area contributed by atoms with Crippen LogP contribution in [-0.2, 0) is 11.2 Å². The van der Waals surface area contributed by atoms with Gasteiger partial charge in [0.1, 0.15) is 11.4 Å². The van der Waals surface area contributed by atoms with Crippen molar-refractivity contribution in [1.82, 2.24) is 20.2 Å². The van der Waals surface area contributed by atoms with Gasteiger partial charge < -0.3 is 15.2 Å². The summed E-state index contributed by atoms with van der Waals surface area (Å²) in [4.78, 5) is 44.4. The van der Waals surface area contributed by atoms with Gasteiger partial charge in [-0.1, -0.05) is 29.3 Å². The second kappa shape index (κ2) is 8.54. The van der Waals surface area contributed by atoms with Gasteiger partial charge in [-0.2, -0.15) is 0 Å². The maximum Gasteiger partial charge on any atom is 0.263 e. The first kappa shape index (κ1) is 19.4. The number of nitrogens with zero attached hydrogens (tertiary/aromatic N) is 2. The molecule has 1 aromatic heterocycles. The second-order valence-corrected chi connectivity index (χ2v) is 7.00. The van der Waals surface area contributed by atoms with Crippen molar-refractivity contribution in [2.75, 3.05) is 19.6 Å². The number of hydrogen-bond acceptors (Lipinski definition) is 4. The molecule has 1 aliphatic rings. The second-order valence-electron chi connectivity index (χ2n) is 6.19. The predicted octanol–water partition coefficient (Wildman–Crippen LogP) is 2.02. The van der Waals surface area contributed by atoms with Gasteiger partial charge in [-0.25, -0.2) is 4.98 Å². The molecule has 0 bridgehead atoms. The molecule has 0 spiro atoms. The van der Waals surface area contributed by atoms with Crippen LogP contribution in [0, 0.1) is 0 Å². The van der Waals surface area contributed by atoms with E-state index in [1.54, 1.807) is 23.1 Å². The molecular weight excluding hydrogens is 391 g/mol. The number of amides is 2. The van der Waals surface area contributed by atoms with Crippen molar-refractivity contribution in [3.63, 3.8) is 0 Å². The van der Waals surface area contributed by atoms with Crippen LogP contribution in [0.1, 0.15) is 34.6 Å².